The molecular formula is C11H13BrN2O. The number of urea groups is 1. The van der Waals surface area contributed by atoms with E-state index in [9.17, 15) is 4.79 Å². The standard InChI is InChI=1S/C11H13BrN2O/c1-8-5-6-14(11(15)13-8)10-4-2-3-9(12)7-10/h2-4,7-8H,5-6H2,1H3,(H,13,15). The first-order chi connectivity index (χ1) is 7.16. The lowest BCUT2D eigenvalue weighted by atomic mass is 10.1. The number of benzene rings is 1. The zero-order valence-electron chi connectivity index (χ0n) is 8.53. The van der Waals surface area contributed by atoms with Crippen LogP contribution in [-0.4, -0.2) is 18.6 Å². The molecule has 0 radical (unpaired) electrons. The maximum absolute atomic E-state index is 11.7. The van der Waals surface area contributed by atoms with Crippen LogP contribution in [0.2, 0.25) is 0 Å². The van der Waals surface area contributed by atoms with Gasteiger partial charge in [0.1, 0.15) is 0 Å². The van der Waals surface area contributed by atoms with Crippen molar-refractivity contribution in [3.05, 3.63) is 28.7 Å². The van der Waals surface area contributed by atoms with Gasteiger partial charge in [-0.25, -0.2) is 4.79 Å². The lowest BCUT2D eigenvalue weighted by Crippen LogP contribution is -2.50. The number of nitrogens with zero attached hydrogens (tertiary/aromatic N) is 1. The molecule has 0 aliphatic carbocycles. The summed E-state index contributed by atoms with van der Waals surface area (Å²) >= 11 is 3.40. The molecule has 2 amide bonds. The average molecular weight is 269 g/mol. The fourth-order valence-corrected chi connectivity index (χ4v) is 2.06. The Morgan fingerprint density at radius 2 is 2.33 bits per heavy atom. The molecule has 1 N–H and O–H groups in total. The quantitative estimate of drug-likeness (QED) is 0.835. The third-order valence-corrected chi connectivity index (χ3v) is 3.01. The van der Waals surface area contributed by atoms with E-state index in [2.05, 4.69) is 21.2 Å². The normalized spacial score (nSPS) is 21.3. The van der Waals surface area contributed by atoms with E-state index >= 15 is 0 Å². The van der Waals surface area contributed by atoms with E-state index in [-0.39, 0.29) is 12.1 Å². The molecule has 1 heterocycles. The molecule has 1 fully saturated rings. The molecule has 1 aliphatic rings. The van der Waals surface area contributed by atoms with Gasteiger partial charge < -0.3 is 5.32 Å². The van der Waals surface area contributed by atoms with Crippen LogP contribution in [0, 0.1) is 0 Å². The minimum absolute atomic E-state index is 0.00755. The van der Waals surface area contributed by atoms with E-state index in [0.29, 0.717) is 0 Å². The minimum atomic E-state index is -0.00755. The molecule has 1 aliphatic heterocycles. The van der Waals surface area contributed by atoms with Gasteiger partial charge in [0.25, 0.3) is 0 Å². The highest BCUT2D eigenvalue weighted by molar-refractivity contribution is 9.10. The van der Waals surface area contributed by atoms with E-state index < -0.39 is 0 Å². The summed E-state index contributed by atoms with van der Waals surface area (Å²) in [5, 5.41) is 2.92. The van der Waals surface area contributed by atoms with Crippen molar-refractivity contribution in [3.63, 3.8) is 0 Å². The lowest BCUT2D eigenvalue weighted by molar-refractivity contribution is 0.237. The molecular weight excluding hydrogens is 256 g/mol. The molecule has 0 spiro atoms. The second-order valence-corrected chi connectivity index (χ2v) is 4.69. The first-order valence-electron chi connectivity index (χ1n) is 5.00. The lowest BCUT2D eigenvalue weighted by Gasteiger charge is -2.31. The number of amides is 2. The highest BCUT2D eigenvalue weighted by Crippen LogP contribution is 2.22. The fraction of sp³-hybridized carbons (Fsp3) is 0.364. The summed E-state index contributed by atoms with van der Waals surface area (Å²) in [6.45, 7) is 2.81. The van der Waals surface area contributed by atoms with Crippen molar-refractivity contribution in [2.45, 2.75) is 19.4 Å². The molecule has 1 atom stereocenters. The van der Waals surface area contributed by atoms with Crippen molar-refractivity contribution in [3.8, 4) is 0 Å². The number of halogens is 1. The predicted molar refractivity (Wildman–Crippen MR) is 64.1 cm³/mol. The highest BCUT2D eigenvalue weighted by atomic mass is 79.9. The molecule has 2 rings (SSSR count). The molecule has 1 aromatic rings. The second-order valence-electron chi connectivity index (χ2n) is 3.77. The van der Waals surface area contributed by atoms with Gasteiger partial charge in [-0.05, 0) is 31.5 Å². The predicted octanol–water partition coefficient (Wildman–Crippen LogP) is 2.76. The van der Waals surface area contributed by atoms with Gasteiger partial charge in [-0.15, -0.1) is 0 Å². The monoisotopic (exact) mass is 268 g/mol. The van der Waals surface area contributed by atoms with Crippen molar-refractivity contribution in [2.24, 2.45) is 0 Å². The summed E-state index contributed by atoms with van der Waals surface area (Å²) in [7, 11) is 0. The zero-order valence-corrected chi connectivity index (χ0v) is 10.1. The maximum Gasteiger partial charge on any atom is 0.322 e. The molecule has 80 valence electrons. The van der Waals surface area contributed by atoms with E-state index in [1.54, 1.807) is 4.90 Å². The van der Waals surface area contributed by atoms with Crippen molar-refractivity contribution >= 4 is 27.6 Å². The van der Waals surface area contributed by atoms with Crippen molar-refractivity contribution in [1.29, 1.82) is 0 Å². The summed E-state index contributed by atoms with van der Waals surface area (Å²) in [4.78, 5) is 13.5. The summed E-state index contributed by atoms with van der Waals surface area (Å²) in [6.07, 6.45) is 0.984. The van der Waals surface area contributed by atoms with E-state index in [0.717, 1.165) is 23.1 Å². The largest absolute Gasteiger partial charge is 0.335 e. The van der Waals surface area contributed by atoms with Gasteiger partial charge in [0.15, 0.2) is 0 Å². The van der Waals surface area contributed by atoms with Gasteiger partial charge in [-0.3, -0.25) is 4.90 Å². The number of hydrogen-bond acceptors (Lipinski definition) is 1. The van der Waals surface area contributed by atoms with Gasteiger partial charge in [0.05, 0.1) is 0 Å². The first-order valence-corrected chi connectivity index (χ1v) is 5.80. The minimum Gasteiger partial charge on any atom is -0.335 e. The Kier molecular flexibility index (Phi) is 2.95. The molecule has 0 saturated carbocycles. The summed E-state index contributed by atoms with van der Waals surface area (Å²) < 4.78 is 0.992. The Balaban J connectivity index is 2.20. The van der Waals surface area contributed by atoms with E-state index in [4.69, 9.17) is 0 Å². The van der Waals surface area contributed by atoms with Crippen LogP contribution in [0.3, 0.4) is 0 Å². The van der Waals surface area contributed by atoms with Gasteiger partial charge in [-0.2, -0.15) is 0 Å². The van der Waals surface area contributed by atoms with Gasteiger partial charge >= 0.3 is 6.03 Å². The maximum atomic E-state index is 11.7. The average Bonchev–Trinajstić information content (AvgIpc) is 2.17. The highest BCUT2D eigenvalue weighted by Gasteiger charge is 2.23. The zero-order chi connectivity index (χ0) is 10.8. The third kappa shape index (κ3) is 2.31. The van der Waals surface area contributed by atoms with Gasteiger partial charge in [-0.1, -0.05) is 22.0 Å². The second kappa shape index (κ2) is 4.23. The Morgan fingerprint density at radius 1 is 1.53 bits per heavy atom. The Morgan fingerprint density at radius 3 is 3.00 bits per heavy atom. The fourth-order valence-electron chi connectivity index (χ4n) is 1.68. The van der Waals surface area contributed by atoms with Gasteiger partial charge in [0.2, 0.25) is 0 Å². The Bertz CT molecular complexity index is 381. The van der Waals surface area contributed by atoms with Crippen LogP contribution in [0.4, 0.5) is 10.5 Å². The summed E-state index contributed by atoms with van der Waals surface area (Å²) in [5.41, 5.74) is 0.939. The Labute approximate surface area is 97.6 Å². The van der Waals surface area contributed by atoms with Crippen LogP contribution in [0.15, 0.2) is 28.7 Å². The number of anilines is 1. The molecule has 1 aromatic carbocycles. The van der Waals surface area contributed by atoms with Crippen molar-refractivity contribution in [2.75, 3.05) is 11.4 Å². The van der Waals surface area contributed by atoms with Gasteiger partial charge in [0, 0.05) is 22.7 Å². The molecule has 15 heavy (non-hydrogen) atoms. The number of carbonyl (C=O) groups excluding carboxylic acids is 1. The number of carbonyl (C=O) groups is 1. The molecule has 0 aromatic heterocycles. The molecule has 1 saturated heterocycles. The smallest absolute Gasteiger partial charge is 0.322 e. The molecule has 1 unspecified atom stereocenters. The molecule has 4 heteroatoms. The van der Waals surface area contributed by atoms with Crippen LogP contribution in [0.5, 0.6) is 0 Å². The van der Waals surface area contributed by atoms with Crippen LogP contribution in [0.25, 0.3) is 0 Å². The number of nitrogens with one attached hydrogen (secondary N) is 1. The Hall–Kier alpha value is -1.03. The molecule has 0 bridgehead atoms. The molecule has 3 nitrogen and oxygen atoms in total. The van der Waals surface area contributed by atoms with Crippen LogP contribution in [0.1, 0.15) is 13.3 Å². The number of rotatable bonds is 1. The SMILES string of the molecule is CC1CCN(c2cccc(Br)c2)C(=O)N1. The van der Waals surface area contributed by atoms with Crippen LogP contribution < -0.4 is 10.2 Å². The van der Waals surface area contributed by atoms with Crippen LogP contribution >= 0.6 is 15.9 Å². The van der Waals surface area contributed by atoms with E-state index in [1.807, 2.05) is 31.2 Å². The van der Waals surface area contributed by atoms with Crippen LogP contribution in [-0.2, 0) is 0 Å². The summed E-state index contributed by atoms with van der Waals surface area (Å²) in [5.74, 6) is 0. The van der Waals surface area contributed by atoms with E-state index in [1.165, 1.54) is 0 Å². The summed E-state index contributed by atoms with van der Waals surface area (Å²) in [6, 6.07) is 8.06. The number of hydrogen-bond donors (Lipinski definition) is 1. The topological polar surface area (TPSA) is 32.3 Å². The van der Waals surface area contributed by atoms with Crippen molar-refractivity contribution in [1.82, 2.24) is 5.32 Å². The third-order valence-electron chi connectivity index (χ3n) is 2.52. The first kappa shape index (κ1) is 10.5. The van der Waals surface area contributed by atoms with Crippen molar-refractivity contribution < 1.29 is 4.79 Å².